The molecule has 0 radical (unpaired) electrons. The first-order chi connectivity index (χ1) is 8.66. The Balaban J connectivity index is 1.79. The molecule has 1 aromatic carbocycles. The molecule has 0 unspecified atom stereocenters. The molecular formula is C15H22BrNO. The summed E-state index contributed by atoms with van der Waals surface area (Å²) in [6, 6.07) is 6.25. The first-order valence-electron chi connectivity index (χ1n) is 6.80. The molecule has 1 aromatic rings. The fourth-order valence-corrected chi connectivity index (χ4v) is 2.34. The Kier molecular flexibility index (Phi) is 5.07. The average Bonchev–Trinajstić information content (AvgIpc) is 3.14. The summed E-state index contributed by atoms with van der Waals surface area (Å²) in [7, 11) is 0. The summed E-state index contributed by atoms with van der Waals surface area (Å²) in [6.07, 6.45) is 2.80. The quantitative estimate of drug-likeness (QED) is 0.770. The van der Waals surface area contributed by atoms with Crippen molar-refractivity contribution >= 4 is 15.9 Å². The highest BCUT2D eigenvalue weighted by molar-refractivity contribution is 9.10. The van der Waals surface area contributed by atoms with Crippen molar-refractivity contribution in [1.82, 2.24) is 5.32 Å². The lowest BCUT2D eigenvalue weighted by atomic mass is 10.0. The first kappa shape index (κ1) is 13.9. The van der Waals surface area contributed by atoms with E-state index in [9.17, 15) is 0 Å². The second-order valence-electron chi connectivity index (χ2n) is 5.33. The van der Waals surface area contributed by atoms with Gasteiger partial charge in [0.1, 0.15) is 12.4 Å². The molecule has 0 bridgehead atoms. The Morgan fingerprint density at radius 2 is 2.17 bits per heavy atom. The normalized spacial score (nSPS) is 15.1. The van der Waals surface area contributed by atoms with Crippen molar-refractivity contribution in [2.24, 2.45) is 5.92 Å². The lowest BCUT2D eigenvalue weighted by Gasteiger charge is -2.14. The third-order valence-electron chi connectivity index (χ3n) is 3.26. The fraction of sp³-hybridized carbons (Fsp3) is 0.600. The molecule has 0 spiro atoms. The van der Waals surface area contributed by atoms with Gasteiger partial charge in [0.15, 0.2) is 0 Å². The van der Waals surface area contributed by atoms with Gasteiger partial charge in [0.25, 0.3) is 0 Å². The van der Waals surface area contributed by atoms with Gasteiger partial charge >= 0.3 is 0 Å². The molecule has 2 rings (SSSR count). The van der Waals surface area contributed by atoms with Gasteiger partial charge in [0.2, 0.25) is 0 Å². The van der Waals surface area contributed by atoms with Gasteiger partial charge in [-0.15, -0.1) is 0 Å². The van der Waals surface area contributed by atoms with Crippen LogP contribution in [-0.2, 0) is 0 Å². The van der Waals surface area contributed by atoms with Crippen molar-refractivity contribution in [3.05, 3.63) is 28.2 Å². The van der Waals surface area contributed by atoms with Crippen molar-refractivity contribution in [1.29, 1.82) is 0 Å². The van der Waals surface area contributed by atoms with E-state index < -0.39 is 0 Å². The molecule has 1 aliphatic rings. The van der Waals surface area contributed by atoms with Gasteiger partial charge in [0.05, 0.1) is 0 Å². The zero-order chi connectivity index (χ0) is 13.0. The molecule has 0 heterocycles. The molecule has 0 aromatic heterocycles. The van der Waals surface area contributed by atoms with Gasteiger partial charge in [-0.2, -0.15) is 0 Å². The van der Waals surface area contributed by atoms with E-state index in [1.165, 1.54) is 18.4 Å². The van der Waals surface area contributed by atoms with Crippen LogP contribution in [0.25, 0.3) is 0 Å². The van der Waals surface area contributed by atoms with Gasteiger partial charge < -0.3 is 10.1 Å². The Morgan fingerprint density at radius 3 is 2.83 bits per heavy atom. The SMILES string of the molecule is CC(C)c1cc(Br)ccc1OCCNCC1CC1. The van der Waals surface area contributed by atoms with Gasteiger partial charge in [-0.05, 0) is 55.0 Å². The second kappa shape index (κ2) is 6.58. The second-order valence-corrected chi connectivity index (χ2v) is 6.25. The van der Waals surface area contributed by atoms with Crippen molar-refractivity contribution in [3.8, 4) is 5.75 Å². The summed E-state index contributed by atoms with van der Waals surface area (Å²) < 4.78 is 6.99. The van der Waals surface area contributed by atoms with Crippen molar-refractivity contribution in [2.75, 3.05) is 19.7 Å². The third-order valence-corrected chi connectivity index (χ3v) is 3.75. The largest absolute Gasteiger partial charge is 0.492 e. The highest BCUT2D eigenvalue weighted by atomic mass is 79.9. The molecule has 18 heavy (non-hydrogen) atoms. The number of halogens is 1. The van der Waals surface area contributed by atoms with E-state index >= 15 is 0 Å². The molecule has 0 amide bonds. The molecule has 1 saturated carbocycles. The van der Waals surface area contributed by atoms with E-state index in [1.54, 1.807) is 0 Å². The lowest BCUT2D eigenvalue weighted by molar-refractivity contribution is 0.309. The maximum atomic E-state index is 5.87. The number of nitrogens with one attached hydrogen (secondary N) is 1. The molecule has 100 valence electrons. The van der Waals surface area contributed by atoms with Gasteiger partial charge in [-0.25, -0.2) is 0 Å². The van der Waals surface area contributed by atoms with Crippen molar-refractivity contribution in [2.45, 2.75) is 32.6 Å². The average molecular weight is 312 g/mol. The summed E-state index contributed by atoms with van der Waals surface area (Å²) in [5.41, 5.74) is 1.27. The first-order valence-corrected chi connectivity index (χ1v) is 7.59. The predicted octanol–water partition coefficient (Wildman–Crippen LogP) is 3.95. The van der Waals surface area contributed by atoms with Crippen LogP contribution in [0, 0.1) is 5.92 Å². The lowest BCUT2D eigenvalue weighted by Crippen LogP contribution is -2.23. The summed E-state index contributed by atoms with van der Waals surface area (Å²) >= 11 is 3.51. The number of hydrogen-bond donors (Lipinski definition) is 1. The topological polar surface area (TPSA) is 21.3 Å². The Hall–Kier alpha value is -0.540. The highest BCUT2D eigenvalue weighted by Gasteiger charge is 2.19. The van der Waals surface area contributed by atoms with Crippen LogP contribution >= 0.6 is 15.9 Å². The molecule has 0 aliphatic heterocycles. The fourth-order valence-electron chi connectivity index (χ4n) is 1.96. The van der Waals surface area contributed by atoms with Gasteiger partial charge in [-0.3, -0.25) is 0 Å². The van der Waals surface area contributed by atoms with Crippen molar-refractivity contribution in [3.63, 3.8) is 0 Å². The van der Waals surface area contributed by atoms with E-state index in [-0.39, 0.29) is 0 Å². The Bertz CT molecular complexity index is 388. The monoisotopic (exact) mass is 311 g/mol. The van der Waals surface area contributed by atoms with Crippen LogP contribution in [0.5, 0.6) is 5.75 Å². The van der Waals surface area contributed by atoms with E-state index in [1.807, 2.05) is 6.07 Å². The molecule has 1 aliphatic carbocycles. The van der Waals surface area contributed by atoms with Crippen molar-refractivity contribution < 1.29 is 4.74 Å². The van der Waals surface area contributed by atoms with Crippen LogP contribution in [0.1, 0.15) is 38.2 Å². The maximum absolute atomic E-state index is 5.87. The molecule has 2 nitrogen and oxygen atoms in total. The zero-order valence-electron chi connectivity index (χ0n) is 11.2. The maximum Gasteiger partial charge on any atom is 0.122 e. The minimum Gasteiger partial charge on any atom is -0.492 e. The Labute approximate surface area is 118 Å². The minimum atomic E-state index is 0.483. The molecule has 1 fully saturated rings. The minimum absolute atomic E-state index is 0.483. The Morgan fingerprint density at radius 1 is 1.39 bits per heavy atom. The molecule has 1 N–H and O–H groups in total. The predicted molar refractivity (Wildman–Crippen MR) is 79.3 cm³/mol. The van der Waals surface area contributed by atoms with E-state index in [2.05, 4.69) is 47.2 Å². The number of benzene rings is 1. The molecule has 0 atom stereocenters. The van der Waals surface area contributed by atoms with Crippen LogP contribution in [0.4, 0.5) is 0 Å². The van der Waals surface area contributed by atoms with Gasteiger partial charge in [0, 0.05) is 11.0 Å². The number of rotatable bonds is 7. The molecule has 0 saturated heterocycles. The summed E-state index contributed by atoms with van der Waals surface area (Å²) in [4.78, 5) is 0. The molecular weight excluding hydrogens is 290 g/mol. The van der Waals surface area contributed by atoms with Crippen LogP contribution in [0.2, 0.25) is 0 Å². The van der Waals surface area contributed by atoms with E-state index in [0.717, 1.165) is 35.8 Å². The van der Waals surface area contributed by atoms with Gasteiger partial charge in [-0.1, -0.05) is 29.8 Å². The highest BCUT2D eigenvalue weighted by Crippen LogP contribution is 2.29. The standard InChI is InChI=1S/C15H22BrNO/c1-11(2)14-9-13(16)5-6-15(14)18-8-7-17-10-12-3-4-12/h5-6,9,11-12,17H,3-4,7-8,10H2,1-2H3. The van der Waals surface area contributed by atoms with E-state index in [0.29, 0.717) is 5.92 Å². The summed E-state index contributed by atoms with van der Waals surface area (Å²) in [6.45, 7) is 7.22. The number of ether oxygens (including phenoxy) is 1. The molecule has 3 heteroatoms. The van der Waals surface area contributed by atoms with Crippen LogP contribution in [0.15, 0.2) is 22.7 Å². The summed E-state index contributed by atoms with van der Waals surface area (Å²) in [5, 5.41) is 3.44. The number of hydrogen-bond acceptors (Lipinski definition) is 2. The third kappa shape index (κ3) is 4.29. The van der Waals surface area contributed by atoms with Crippen LogP contribution in [0.3, 0.4) is 0 Å². The summed E-state index contributed by atoms with van der Waals surface area (Å²) in [5.74, 6) is 2.43. The smallest absolute Gasteiger partial charge is 0.122 e. The zero-order valence-corrected chi connectivity index (χ0v) is 12.8. The van der Waals surface area contributed by atoms with Crippen LogP contribution in [-0.4, -0.2) is 19.7 Å². The van der Waals surface area contributed by atoms with Crippen LogP contribution < -0.4 is 10.1 Å². The van der Waals surface area contributed by atoms with E-state index in [4.69, 9.17) is 4.74 Å².